The monoisotopic (exact) mass is 673 g/mol. The highest BCUT2D eigenvalue weighted by molar-refractivity contribution is 9.10. The minimum absolute atomic E-state index is 0.233. The number of para-hydroxylation sites is 2. The van der Waals surface area contributed by atoms with E-state index in [9.17, 15) is 9.59 Å². The lowest BCUT2D eigenvalue weighted by Crippen LogP contribution is -2.45. The van der Waals surface area contributed by atoms with Crippen molar-refractivity contribution in [1.29, 1.82) is 0 Å². The molecule has 1 atom stereocenters. The average molecular weight is 675 g/mol. The van der Waals surface area contributed by atoms with Crippen LogP contribution in [0.3, 0.4) is 0 Å². The maximum atomic E-state index is 12.8. The SMILES string of the molecule is CCOC(=O)C1=C(C)NC(=S)N[C@@H]1c1ccccc1OCC(=O)NN=Cc1c(C)n(Cc2ccc(Br)cc2)c2ccccc12. The molecule has 0 unspecified atom stereocenters. The number of benzene rings is 3. The molecule has 4 aromatic rings. The van der Waals surface area contributed by atoms with E-state index in [-0.39, 0.29) is 13.2 Å². The van der Waals surface area contributed by atoms with Crippen LogP contribution in [0.5, 0.6) is 5.75 Å². The van der Waals surface area contributed by atoms with Crippen molar-refractivity contribution in [1.82, 2.24) is 20.6 Å². The second-order valence-electron chi connectivity index (χ2n) is 10.1. The Hall–Kier alpha value is -4.48. The number of aromatic nitrogens is 1. The van der Waals surface area contributed by atoms with Gasteiger partial charge in [0.15, 0.2) is 11.7 Å². The van der Waals surface area contributed by atoms with Gasteiger partial charge in [-0.05, 0) is 62.8 Å². The van der Waals surface area contributed by atoms with Gasteiger partial charge in [-0.2, -0.15) is 5.10 Å². The number of thiocarbonyl (C=S) groups is 1. The number of carbonyl (C=O) groups is 2. The topological polar surface area (TPSA) is 106 Å². The molecule has 0 saturated heterocycles. The number of rotatable bonds is 10. The van der Waals surface area contributed by atoms with Crippen molar-refractivity contribution in [2.45, 2.75) is 33.4 Å². The van der Waals surface area contributed by atoms with Crippen molar-refractivity contribution in [2.75, 3.05) is 13.2 Å². The maximum absolute atomic E-state index is 12.8. The molecule has 226 valence electrons. The van der Waals surface area contributed by atoms with Crippen molar-refractivity contribution < 1.29 is 19.1 Å². The lowest BCUT2D eigenvalue weighted by Gasteiger charge is -2.30. The van der Waals surface area contributed by atoms with Crippen LogP contribution in [0.2, 0.25) is 0 Å². The first-order valence-electron chi connectivity index (χ1n) is 14.1. The van der Waals surface area contributed by atoms with Crippen molar-refractivity contribution in [3.8, 4) is 5.75 Å². The molecule has 1 aliphatic heterocycles. The summed E-state index contributed by atoms with van der Waals surface area (Å²) in [5, 5.41) is 11.8. The molecule has 3 N–H and O–H groups in total. The lowest BCUT2D eigenvalue weighted by atomic mass is 9.95. The summed E-state index contributed by atoms with van der Waals surface area (Å²) in [5.74, 6) is -0.471. The van der Waals surface area contributed by atoms with E-state index in [0.717, 1.165) is 26.6 Å². The number of hydrogen-bond acceptors (Lipinski definition) is 6. The fourth-order valence-corrected chi connectivity index (χ4v) is 5.73. The molecule has 5 rings (SSSR count). The van der Waals surface area contributed by atoms with Gasteiger partial charge in [-0.3, -0.25) is 4.79 Å². The number of amides is 1. The smallest absolute Gasteiger partial charge is 0.338 e. The second kappa shape index (κ2) is 13.9. The van der Waals surface area contributed by atoms with E-state index in [1.54, 1.807) is 32.2 Å². The zero-order valence-electron chi connectivity index (χ0n) is 24.5. The number of esters is 1. The van der Waals surface area contributed by atoms with Crippen LogP contribution in [0.1, 0.15) is 42.3 Å². The lowest BCUT2D eigenvalue weighted by molar-refractivity contribution is -0.139. The van der Waals surface area contributed by atoms with E-state index in [2.05, 4.69) is 59.9 Å². The van der Waals surface area contributed by atoms with E-state index in [4.69, 9.17) is 21.7 Å². The van der Waals surface area contributed by atoms with Crippen molar-refractivity contribution in [2.24, 2.45) is 5.10 Å². The first kappa shape index (κ1) is 31.0. The summed E-state index contributed by atoms with van der Waals surface area (Å²) in [6.07, 6.45) is 1.67. The summed E-state index contributed by atoms with van der Waals surface area (Å²) < 4.78 is 14.5. The summed E-state index contributed by atoms with van der Waals surface area (Å²) in [4.78, 5) is 25.6. The van der Waals surface area contributed by atoms with Crippen LogP contribution in [0.4, 0.5) is 0 Å². The molecular weight excluding hydrogens is 642 g/mol. The predicted molar refractivity (Wildman–Crippen MR) is 179 cm³/mol. The summed E-state index contributed by atoms with van der Waals surface area (Å²) in [7, 11) is 0. The van der Waals surface area contributed by atoms with Crippen LogP contribution in [-0.4, -0.2) is 41.0 Å². The molecule has 2 heterocycles. The first-order valence-corrected chi connectivity index (χ1v) is 15.3. The average Bonchev–Trinajstić information content (AvgIpc) is 3.27. The Morgan fingerprint density at radius 2 is 1.80 bits per heavy atom. The molecule has 0 radical (unpaired) electrons. The molecule has 0 fully saturated rings. The number of hydrogen-bond donors (Lipinski definition) is 3. The third kappa shape index (κ3) is 6.84. The number of halogens is 1. The van der Waals surface area contributed by atoms with E-state index in [1.807, 2.05) is 49.4 Å². The molecule has 0 aliphatic carbocycles. The van der Waals surface area contributed by atoms with E-state index >= 15 is 0 Å². The Labute approximate surface area is 269 Å². The van der Waals surface area contributed by atoms with Gasteiger partial charge in [-0.1, -0.05) is 64.5 Å². The molecular formula is C33H32BrN5O4S. The summed E-state index contributed by atoms with van der Waals surface area (Å²) in [6.45, 7) is 6.21. The molecule has 0 saturated carbocycles. The van der Waals surface area contributed by atoms with Crippen LogP contribution in [0.15, 0.2) is 93.6 Å². The van der Waals surface area contributed by atoms with Crippen LogP contribution in [0.25, 0.3) is 10.9 Å². The number of nitrogens with zero attached hydrogens (tertiary/aromatic N) is 2. The normalized spacial score (nSPS) is 14.8. The van der Waals surface area contributed by atoms with Crippen molar-refractivity contribution in [3.05, 3.63) is 111 Å². The van der Waals surface area contributed by atoms with Gasteiger partial charge in [-0.15, -0.1) is 0 Å². The van der Waals surface area contributed by atoms with Crippen molar-refractivity contribution in [3.63, 3.8) is 0 Å². The molecule has 1 aromatic heterocycles. The quantitative estimate of drug-likeness (QED) is 0.0865. The highest BCUT2D eigenvalue weighted by Gasteiger charge is 2.32. The Balaban J connectivity index is 1.29. The van der Waals surface area contributed by atoms with Crippen molar-refractivity contribution >= 4 is 62.3 Å². The Morgan fingerprint density at radius 1 is 1.07 bits per heavy atom. The van der Waals surface area contributed by atoms with Crippen LogP contribution >= 0.6 is 28.1 Å². The largest absolute Gasteiger partial charge is 0.483 e. The predicted octanol–water partition coefficient (Wildman–Crippen LogP) is 5.65. The Morgan fingerprint density at radius 3 is 2.57 bits per heavy atom. The van der Waals surface area contributed by atoms with E-state index in [1.165, 1.54) is 5.56 Å². The number of hydrazone groups is 1. The molecule has 1 aliphatic rings. The number of fused-ring (bicyclic) bond motifs is 1. The van der Waals surface area contributed by atoms with Gasteiger partial charge in [0.2, 0.25) is 0 Å². The summed E-state index contributed by atoms with van der Waals surface area (Å²) in [6, 6.07) is 22.9. The zero-order chi connectivity index (χ0) is 31.2. The maximum Gasteiger partial charge on any atom is 0.338 e. The number of allylic oxidation sites excluding steroid dienone is 1. The van der Waals surface area contributed by atoms with Gasteiger partial charge in [0.25, 0.3) is 5.91 Å². The van der Waals surface area contributed by atoms with Gasteiger partial charge in [0.05, 0.1) is 24.4 Å². The minimum atomic E-state index is -0.613. The zero-order valence-corrected chi connectivity index (χ0v) is 26.9. The number of ether oxygens (including phenoxy) is 2. The second-order valence-corrected chi connectivity index (χ2v) is 11.5. The van der Waals surface area contributed by atoms with E-state index < -0.39 is 17.9 Å². The molecule has 0 bridgehead atoms. The number of carbonyl (C=O) groups excluding carboxylic acids is 2. The van der Waals surface area contributed by atoms with Gasteiger partial charge < -0.3 is 24.7 Å². The molecule has 11 heteroatoms. The number of nitrogens with one attached hydrogen (secondary N) is 3. The van der Waals surface area contributed by atoms with Gasteiger partial charge in [0, 0.05) is 44.4 Å². The van der Waals surface area contributed by atoms with Gasteiger partial charge in [-0.25, -0.2) is 10.2 Å². The fraction of sp³-hybridized carbons (Fsp3) is 0.212. The third-order valence-electron chi connectivity index (χ3n) is 7.27. The first-order chi connectivity index (χ1) is 21.3. The van der Waals surface area contributed by atoms with Gasteiger partial charge in [0.1, 0.15) is 5.75 Å². The Kier molecular flexibility index (Phi) is 9.76. The summed E-state index contributed by atoms with van der Waals surface area (Å²) >= 11 is 8.84. The molecule has 1 amide bonds. The molecule has 44 heavy (non-hydrogen) atoms. The highest BCUT2D eigenvalue weighted by Crippen LogP contribution is 2.33. The highest BCUT2D eigenvalue weighted by atomic mass is 79.9. The third-order valence-corrected chi connectivity index (χ3v) is 8.02. The molecule has 9 nitrogen and oxygen atoms in total. The fourth-order valence-electron chi connectivity index (χ4n) is 5.20. The minimum Gasteiger partial charge on any atom is -0.483 e. The standard InChI is InChI=1S/C33H32BrN5O4S/c1-4-42-32(41)30-20(2)36-33(44)37-31(30)25-10-6-8-12-28(25)43-19-29(40)38-35-17-26-21(3)39(27-11-7-5-9-24(26)27)18-22-13-15-23(34)16-14-22/h5-17,31H,4,18-19H2,1-3H3,(H,38,40)(H2,36,37,44)/t31-/m1/s1. The van der Waals surface area contributed by atoms with Crippen LogP contribution in [0, 0.1) is 6.92 Å². The van der Waals surface area contributed by atoms with Gasteiger partial charge >= 0.3 is 5.97 Å². The van der Waals surface area contributed by atoms with Crippen LogP contribution in [-0.2, 0) is 20.9 Å². The van der Waals surface area contributed by atoms with Crippen LogP contribution < -0.4 is 20.8 Å². The Bertz CT molecular complexity index is 1780. The molecule has 0 spiro atoms. The van der Waals surface area contributed by atoms with E-state index in [0.29, 0.717) is 34.2 Å². The summed E-state index contributed by atoms with van der Waals surface area (Å²) in [5.41, 5.74) is 8.41. The molecule has 3 aromatic carbocycles.